The van der Waals surface area contributed by atoms with E-state index in [0.717, 1.165) is 36.0 Å². The minimum Gasteiger partial charge on any atom is -0.357 e. The van der Waals surface area contributed by atoms with E-state index in [0.29, 0.717) is 11.4 Å². The molecule has 1 heterocycles. The fraction of sp³-hybridized carbons (Fsp3) is 0.500. The maximum atomic E-state index is 12.5. The van der Waals surface area contributed by atoms with Gasteiger partial charge in [-0.3, -0.25) is 0 Å². The van der Waals surface area contributed by atoms with Crippen LogP contribution >= 0.6 is 35.3 Å². The molecule has 10 heteroatoms. The predicted octanol–water partition coefficient (Wildman–Crippen LogP) is 3.40. The molecule has 7 nitrogen and oxygen atoms in total. The van der Waals surface area contributed by atoms with E-state index in [1.807, 2.05) is 39.1 Å². The summed E-state index contributed by atoms with van der Waals surface area (Å²) in [4.78, 5) is 10.5. The van der Waals surface area contributed by atoms with Crippen molar-refractivity contribution in [3.05, 3.63) is 45.9 Å². The van der Waals surface area contributed by atoms with Crippen molar-refractivity contribution >= 4 is 51.3 Å². The topological polar surface area (TPSA) is 86.7 Å². The van der Waals surface area contributed by atoms with Crippen molar-refractivity contribution in [2.24, 2.45) is 4.99 Å². The number of halogens is 1. The molecule has 30 heavy (non-hydrogen) atoms. The molecule has 0 fully saturated rings. The SMILES string of the molecule is CCNC(=NCc1ccc(S(=O)(=O)N(C)C(C)C)cc1)NCCc1ncc(C)s1.I. The van der Waals surface area contributed by atoms with Crippen LogP contribution in [-0.4, -0.2) is 49.8 Å². The maximum Gasteiger partial charge on any atom is 0.243 e. The standard InChI is InChI=1S/C20H31N5O2S2.HI/c1-6-21-20(22-12-11-19-23-13-16(4)28-19)24-14-17-7-9-18(10-8-17)29(26,27)25(5)15(2)3;/h7-10,13,15H,6,11-12,14H2,1-5H3,(H2,21,22,24);1H. The fourth-order valence-corrected chi connectivity index (χ4v) is 4.68. The zero-order chi connectivity index (χ0) is 21.4. The monoisotopic (exact) mass is 565 g/mol. The molecule has 2 N–H and O–H groups in total. The lowest BCUT2D eigenvalue weighted by Gasteiger charge is -2.21. The predicted molar refractivity (Wildman–Crippen MR) is 135 cm³/mol. The number of aromatic nitrogens is 1. The lowest BCUT2D eigenvalue weighted by Crippen LogP contribution is -2.38. The number of rotatable bonds is 9. The normalized spacial score (nSPS) is 12.2. The van der Waals surface area contributed by atoms with Gasteiger partial charge in [0.1, 0.15) is 0 Å². The van der Waals surface area contributed by atoms with Gasteiger partial charge in [0.25, 0.3) is 0 Å². The molecule has 1 aromatic heterocycles. The van der Waals surface area contributed by atoms with Gasteiger partial charge in [0.05, 0.1) is 16.4 Å². The second-order valence-corrected chi connectivity index (χ2v) is 10.3. The van der Waals surface area contributed by atoms with Gasteiger partial charge in [0.2, 0.25) is 10.0 Å². The maximum absolute atomic E-state index is 12.5. The molecule has 0 saturated carbocycles. The third kappa shape index (κ3) is 7.78. The highest BCUT2D eigenvalue weighted by Gasteiger charge is 2.22. The summed E-state index contributed by atoms with van der Waals surface area (Å²) in [6, 6.07) is 6.82. The first-order chi connectivity index (χ1) is 13.7. The molecule has 0 saturated heterocycles. The van der Waals surface area contributed by atoms with E-state index in [2.05, 4.69) is 27.5 Å². The van der Waals surface area contributed by atoms with E-state index >= 15 is 0 Å². The summed E-state index contributed by atoms with van der Waals surface area (Å²) in [6.45, 7) is 9.76. The Hall–Kier alpha value is -1.24. The van der Waals surface area contributed by atoms with E-state index in [9.17, 15) is 8.42 Å². The van der Waals surface area contributed by atoms with Crippen molar-refractivity contribution in [3.8, 4) is 0 Å². The molecule has 0 radical (unpaired) electrons. The Morgan fingerprint density at radius 3 is 2.43 bits per heavy atom. The van der Waals surface area contributed by atoms with Gasteiger partial charge in [-0.1, -0.05) is 12.1 Å². The number of hydrogen-bond acceptors (Lipinski definition) is 5. The molecule has 0 aliphatic rings. The van der Waals surface area contributed by atoms with Crippen LogP contribution in [0.25, 0.3) is 0 Å². The molecule has 0 spiro atoms. The van der Waals surface area contributed by atoms with Gasteiger partial charge < -0.3 is 10.6 Å². The Labute approximate surface area is 201 Å². The van der Waals surface area contributed by atoms with Gasteiger partial charge in [-0.15, -0.1) is 35.3 Å². The number of thiazole rings is 1. The van der Waals surface area contributed by atoms with Crippen LogP contribution in [0.15, 0.2) is 40.4 Å². The molecule has 0 unspecified atom stereocenters. The Balaban J connectivity index is 0.00000450. The fourth-order valence-electron chi connectivity index (χ4n) is 2.53. The summed E-state index contributed by atoms with van der Waals surface area (Å²) < 4.78 is 26.5. The van der Waals surface area contributed by atoms with Gasteiger partial charge in [-0.25, -0.2) is 18.4 Å². The minimum atomic E-state index is -3.46. The molecule has 168 valence electrons. The van der Waals surface area contributed by atoms with Crippen LogP contribution in [0.1, 0.15) is 36.2 Å². The van der Waals surface area contributed by atoms with E-state index in [1.165, 1.54) is 9.18 Å². The third-order valence-electron chi connectivity index (χ3n) is 4.39. The van der Waals surface area contributed by atoms with E-state index in [1.54, 1.807) is 30.5 Å². The van der Waals surface area contributed by atoms with Crippen molar-refractivity contribution < 1.29 is 8.42 Å². The molecular weight excluding hydrogens is 533 g/mol. The quantitative estimate of drug-likeness (QED) is 0.277. The van der Waals surface area contributed by atoms with Crippen LogP contribution in [0, 0.1) is 6.92 Å². The van der Waals surface area contributed by atoms with Crippen LogP contribution in [0.2, 0.25) is 0 Å². The Kier molecular flexibility index (Phi) is 11.2. The van der Waals surface area contributed by atoms with Crippen LogP contribution in [0.5, 0.6) is 0 Å². The van der Waals surface area contributed by atoms with Crippen LogP contribution in [0.4, 0.5) is 0 Å². The van der Waals surface area contributed by atoms with Crippen LogP contribution in [-0.2, 0) is 23.0 Å². The Morgan fingerprint density at radius 1 is 1.23 bits per heavy atom. The summed E-state index contributed by atoms with van der Waals surface area (Å²) in [5, 5.41) is 7.65. The zero-order valence-electron chi connectivity index (χ0n) is 18.2. The van der Waals surface area contributed by atoms with E-state index < -0.39 is 10.0 Å². The first kappa shape index (κ1) is 26.8. The molecule has 0 amide bonds. The molecule has 0 atom stereocenters. The van der Waals surface area contributed by atoms with Gasteiger partial charge in [0.15, 0.2) is 5.96 Å². The van der Waals surface area contributed by atoms with E-state index in [4.69, 9.17) is 0 Å². The zero-order valence-corrected chi connectivity index (χ0v) is 22.1. The lowest BCUT2D eigenvalue weighted by atomic mass is 10.2. The molecule has 0 bridgehead atoms. The number of aryl methyl sites for hydroxylation is 1. The average molecular weight is 566 g/mol. The second-order valence-electron chi connectivity index (χ2n) is 7.00. The Morgan fingerprint density at radius 2 is 1.90 bits per heavy atom. The number of aliphatic imine (C=N–C) groups is 1. The average Bonchev–Trinajstić information content (AvgIpc) is 3.10. The molecule has 2 aromatic rings. The van der Waals surface area contributed by atoms with Crippen LogP contribution < -0.4 is 10.6 Å². The number of guanidine groups is 1. The highest BCUT2D eigenvalue weighted by Crippen LogP contribution is 2.17. The highest BCUT2D eigenvalue weighted by molar-refractivity contribution is 14.0. The highest BCUT2D eigenvalue weighted by atomic mass is 127. The summed E-state index contributed by atoms with van der Waals surface area (Å²) >= 11 is 1.71. The van der Waals surface area contributed by atoms with Crippen molar-refractivity contribution in [3.63, 3.8) is 0 Å². The summed E-state index contributed by atoms with van der Waals surface area (Å²) in [6.07, 6.45) is 2.74. The van der Waals surface area contributed by atoms with Crippen molar-refractivity contribution in [2.45, 2.75) is 51.6 Å². The third-order valence-corrected chi connectivity index (χ3v) is 7.41. The summed E-state index contributed by atoms with van der Waals surface area (Å²) in [7, 11) is -1.87. The molecule has 0 aliphatic carbocycles. The number of hydrogen-bond donors (Lipinski definition) is 2. The number of nitrogens with one attached hydrogen (secondary N) is 2. The largest absolute Gasteiger partial charge is 0.357 e. The molecular formula is C20H32IN5O2S2. The summed E-state index contributed by atoms with van der Waals surface area (Å²) in [5.74, 6) is 0.733. The first-order valence-electron chi connectivity index (χ1n) is 9.74. The molecule has 1 aromatic carbocycles. The lowest BCUT2D eigenvalue weighted by molar-refractivity contribution is 0.410. The van der Waals surface area contributed by atoms with Crippen molar-refractivity contribution in [1.82, 2.24) is 19.9 Å². The van der Waals surface area contributed by atoms with Crippen molar-refractivity contribution in [2.75, 3.05) is 20.1 Å². The Bertz CT molecular complexity index is 912. The minimum absolute atomic E-state index is 0. The number of benzene rings is 1. The van der Waals surface area contributed by atoms with Crippen molar-refractivity contribution in [1.29, 1.82) is 0 Å². The first-order valence-corrected chi connectivity index (χ1v) is 12.0. The number of nitrogens with zero attached hydrogens (tertiary/aromatic N) is 3. The van der Waals surface area contributed by atoms with Crippen LogP contribution in [0.3, 0.4) is 0 Å². The van der Waals surface area contributed by atoms with E-state index in [-0.39, 0.29) is 30.0 Å². The van der Waals surface area contributed by atoms with Gasteiger partial charge in [-0.05, 0) is 45.4 Å². The molecule has 2 rings (SSSR count). The van der Waals surface area contributed by atoms with Gasteiger partial charge in [0, 0.05) is 43.7 Å². The van der Waals surface area contributed by atoms with Gasteiger partial charge in [-0.2, -0.15) is 4.31 Å². The smallest absolute Gasteiger partial charge is 0.243 e. The number of sulfonamides is 1. The molecule has 0 aliphatic heterocycles. The second kappa shape index (κ2) is 12.6. The van der Waals surface area contributed by atoms with Gasteiger partial charge >= 0.3 is 0 Å². The summed E-state index contributed by atoms with van der Waals surface area (Å²) in [5.41, 5.74) is 0.948.